The number of rotatable bonds is 6. The number of hydrogen-bond donors (Lipinski definition) is 0. The molecule has 4 heterocycles. The van der Waals surface area contributed by atoms with Crippen LogP contribution in [0.5, 0.6) is 5.88 Å². The summed E-state index contributed by atoms with van der Waals surface area (Å²) in [5.41, 5.74) is 1.05. The van der Waals surface area contributed by atoms with Crippen molar-refractivity contribution < 1.29 is 13.9 Å². The Balaban J connectivity index is 1.32. The van der Waals surface area contributed by atoms with Gasteiger partial charge in [-0.3, -0.25) is 9.58 Å². The van der Waals surface area contributed by atoms with E-state index in [0.29, 0.717) is 12.6 Å². The second kappa shape index (κ2) is 6.96. The Kier molecular flexibility index (Phi) is 4.67. The maximum absolute atomic E-state index is 13.7. The quantitative estimate of drug-likeness (QED) is 0.793. The van der Waals surface area contributed by atoms with Crippen molar-refractivity contribution in [3.8, 4) is 5.88 Å². The van der Waals surface area contributed by atoms with Crippen molar-refractivity contribution in [1.29, 1.82) is 0 Å². The van der Waals surface area contributed by atoms with Gasteiger partial charge in [0.25, 0.3) is 0 Å². The fraction of sp³-hybridized carbons (Fsp3) is 0.579. The lowest BCUT2D eigenvalue weighted by atomic mass is 9.81. The van der Waals surface area contributed by atoms with Crippen LogP contribution in [0.25, 0.3) is 0 Å². The van der Waals surface area contributed by atoms with E-state index < -0.39 is 5.82 Å². The first-order chi connectivity index (χ1) is 12.6. The van der Waals surface area contributed by atoms with E-state index in [0.717, 1.165) is 32.7 Å². The zero-order chi connectivity index (χ0) is 18.1. The van der Waals surface area contributed by atoms with Gasteiger partial charge in [0, 0.05) is 56.2 Å². The molecule has 0 radical (unpaired) electrons. The smallest absolute Gasteiger partial charge is 0.250 e. The van der Waals surface area contributed by atoms with Crippen LogP contribution in [0.1, 0.15) is 31.9 Å². The molecule has 6 nitrogen and oxygen atoms in total. The molecule has 26 heavy (non-hydrogen) atoms. The van der Waals surface area contributed by atoms with E-state index in [1.807, 2.05) is 10.9 Å². The van der Waals surface area contributed by atoms with Crippen molar-refractivity contribution in [2.45, 2.75) is 38.5 Å². The second-order valence-corrected chi connectivity index (χ2v) is 7.57. The Bertz CT molecular complexity index is 758. The van der Waals surface area contributed by atoms with Crippen molar-refractivity contribution >= 4 is 0 Å². The van der Waals surface area contributed by atoms with Crippen LogP contribution < -0.4 is 4.74 Å². The summed E-state index contributed by atoms with van der Waals surface area (Å²) in [6.07, 6.45) is 6.52. The molecule has 2 aliphatic rings. The summed E-state index contributed by atoms with van der Waals surface area (Å²) in [6.45, 7) is 8.04. The van der Waals surface area contributed by atoms with Gasteiger partial charge in [-0.2, -0.15) is 5.10 Å². The Morgan fingerprint density at radius 2 is 2.27 bits per heavy atom. The molecule has 2 aromatic heterocycles. The lowest BCUT2D eigenvalue weighted by molar-refractivity contribution is -0.140. The van der Waals surface area contributed by atoms with Crippen molar-refractivity contribution in [3.05, 3.63) is 42.1 Å². The molecular formula is C19H25FN4O2. The highest BCUT2D eigenvalue weighted by atomic mass is 19.1. The monoisotopic (exact) mass is 360 g/mol. The van der Waals surface area contributed by atoms with Crippen molar-refractivity contribution in [3.63, 3.8) is 0 Å². The molecule has 140 valence electrons. The van der Waals surface area contributed by atoms with Crippen LogP contribution in [-0.4, -0.2) is 51.6 Å². The van der Waals surface area contributed by atoms with Gasteiger partial charge >= 0.3 is 0 Å². The van der Waals surface area contributed by atoms with E-state index in [4.69, 9.17) is 9.47 Å². The molecule has 2 fully saturated rings. The van der Waals surface area contributed by atoms with E-state index >= 15 is 0 Å². The van der Waals surface area contributed by atoms with E-state index in [1.165, 1.54) is 11.6 Å². The molecule has 0 aliphatic carbocycles. The predicted molar refractivity (Wildman–Crippen MR) is 94.4 cm³/mol. The summed E-state index contributed by atoms with van der Waals surface area (Å²) in [5, 5.41) is 4.40. The van der Waals surface area contributed by atoms with E-state index in [2.05, 4.69) is 35.0 Å². The number of hydrogen-bond acceptors (Lipinski definition) is 5. The van der Waals surface area contributed by atoms with Crippen LogP contribution >= 0.6 is 0 Å². The highest BCUT2D eigenvalue weighted by molar-refractivity contribution is 5.14. The molecule has 2 aliphatic heterocycles. The zero-order valence-corrected chi connectivity index (χ0v) is 15.3. The van der Waals surface area contributed by atoms with Crippen molar-refractivity contribution in [2.24, 2.45) is 5.92 Å². The minimum atomic E-state index is -0.419. The standard InChI is InChI=1S/C19H25FN4O2/c1-14(2)24-10-15(8-22-24)9-23-12-19(13-23)16(5-7-26-19)11-25-18-17(20)4-3-6-21-18/h3-4,6,8,10,14,16H,5,7,9,11-13H2,1-2H3/t16-/m0/s1. The van der Waals surface area contributed by atoms with Gasteiger partial charge in [0.15, 0.2) is 5.82 Å². The number of nitrogens with zero attached hydrogens (tertiary/aromatic N) is 4. The van der Waals surface area contributed by atoms with Gasteiger partial charge in [-0.1, -0.05) is 0 Å². The maximum Gasteiger partial charge on any atom is 0.250 e. The summed E-state index contributed by atoms with van der Waals surface area (Å²) in [5.74, 6) is -0.0803. The highest BCUT2D eigenvalue weighted by Gasteiger charge is 2.53. The zero-order valence-electron chi connectivity index (χ0n) is 15.3. The predicted octanol–water partition coefficient (Wildman–Crippen LogP) is 2.67. The Morgan fingerprint density at radius 1 is 1.42 bits per heavy atom. The van der Waals surface area contributed by atoms with Crippen LogP contribution in [0, 0.1) is 11.7 Å². The molecule has 0 saturated carbocycles. The minimum Gasteiger partial charge on any atom is -0.475 e. The average molecular weight is 360 g/mol. The highest BCUT2D eigenvalue weighted by Crippen LogP contribution is 2.40. The molecule has 2 saturated heterocycles. The number of likely N-dealkylation sites (tertiary alicyclic amines) is 1. The van der Waals surface area contributed by atoms with Crippen LogP contribution in [0.2, 0.25) is 0 Å². The van der Waals surface area contributed by atoms with Crippen LogP contribution in [-0.2, 0) is 11.3 Å². The summed E-state index contributed by atoms with van der Waals surface area (Å²) in [7, 11) is 0. The largest absolute Gasteiger partial charge is 0.475 e. The Labute approximate surface area is 152 Å². The van der Waals surface area contributed by atoms with Gasteiger partial charge < -0.3 is 9.47 Å². The average Bonchev–Trinajstić information content (AvgIpc) is 3.21. The maximum atomic E-state index is 13.7. The fourth-order valence-electron chi connectivity index (χ4n) is 3.85. The van der Waals surface area contributed by atoms with E-state index in [1.54, 1.807) is 12.3 Å². The van der Waals surface area contributed by atoms with Crippen molar-refractivity contribution in [1.82, 2.24) is 19.7 Å². The molecule has 0 N–H and O–H groups in total. The normalized spacial score (nSPS) is 22.1. The molecule has 7 heteroatoms. The third kappa shape index (κ3) is 3.33. The van der Waals surface area contributed by atoms with Gasteiger partial charge in [-0.25, -0.2) is 9.37 Å². The summed E-state index contributed by atoms with van der Waals surface area (Å²) < 4.78 is 27.4. The first kappa shape index (κ1) is 17.4. The molecule has 0 aromatic carbocycles. The summed E-state index contributed by atoms with van der Waals surface area (Å²) in [6, 6.07) is 3.30. The topological polar surface area (TPSA) is 52.4 Å². The summed E-state index contributed by atoms with van der Waals surface area (Å²) in [4.78, 5) is 6.32. The Hall–Kier alpha value is -1.99. The lowest BCUT2D eigenvalue weighted by Crippen LogP contribution is -2.64. The van der Waals surface area contributed by atoms with E-state index in [9.17, 15) is 4.39 Å². The molecule has 0 amide bonds. The van der Waals surface area contributed by atoms with E-state index in [-0.39, 0.29) is 17.4 Å². The molecule has 4 rings (SSSR count). The van der Waals surface area contributed by atoms with Crippen LogP contribution in [0.4, 0.5) is 4.39 Å². The number of ether oxygens (including phenoxy) is 2. The molecular weight excluding hydrogens is 335 g/mol. The summed E-state index contributed by atoms with van der Waals surface area (Å²) >= 11 is 0. The van der Waals surface area contributed by atoms with Crippen LogP contribution in [0.15, 0.2) is 30.7 Å². The molecule has 0 bridgehead atoms. The first-order valence-corrected chi connectivity index (χ1v) is 9.18. The second-order valence-electron chi connectivity index (χ2n) is 7.57. The third-order valence-electron chi connectivity index (χ3n) is 5.32. The molecule has 2 aromatic rings. The minimum absolute atomic E-state index is 0.0758. The Morgan fingerprint density at radius 3 is 3.00 bits per heavy atom. The van der Waals surface area contributed by atoms with Crippen molar-refractivity contribution in [2.75, 3.05) is 26.3 Å². The van der Waals surface area contributed by atoms with Crippen LogP contribution in [0.3, 0.4) is 0 Å². The SMILES string of the molecule is CC(C)n1cc(CN2CC3(C2)OCC[C@H]3COc2ncccc2F)cn1. The van der Waals surface area contributed by atoms with Gasteiger partial charge in [0.2, 0.25) is 5.88 Å². The van der Waals surface area contributed by atoms with Gasteiger partial charge in [0.05, 0.1) is 18.4 Å². The number of pyridine rings is 1. The molecule has 1 spiro atoms. The molecule has 1 atom stereocenters. The third-order valence-corrected chi connectivity index (χ3v) is 5.32. The lowest BCUT2D eigenvalue weighted by Gasteiger charge is -2.50. The molecule has 0 unspecified atom stereocenters. The first-order valence-electron chi connectivity index (χ1n) is 9.18. The van der Waals surface area contributed by atoms with Gasteiger partial charge in [-0.15, -0.1) is 0 Å². The van der Waals surface area contributed by atoms with Gasteiger partial charge in [-0.05, 0) is 32.4 Å². The number of halogens is 1. The fourth-order valence-corrected chi connectivity index (χ4v) is 3.85. The van der Waals surface area contributed by atoms with Gasteiger partial charge in [0.1, 0.15) is 0 Å². The number of aromatic nitrogens is 3.